The maximum absolute atomic E-state index is 13.3. The highest BCUT2D eigenvalue weighted by atomic mass is 35.5. The normalized spacial score (nSPS) is 21.5. The maximum atomic E-state index is 13.3. The second-order valence-corrected chi connectivity index (χ2v) is 12.2. The fourth-order valence-electron chi connectivity index (χ4n) is 4.69. The van der Waals surface area contributed by atoms with Gasteiger partial charge in [-0.2, -0.15) is 0 Å². The minimum Gasteiger partial charge on any atom is -0.371 e. The Hall–Kier alpha value is -2.30. The Bertz CT molecular complexity index is 1310. The topological polar surface area (TPSA) is 79.8 Å². The zero-order valence-electron chi connectivity index (χ0n) is 19.3. The van der Waals surface area contributed by atoms with Gasteiger partial charge in [0.05, 0.1) is 23.6 Å². The first-order valence-corrected chi connectivity index (χ1v) is 14.4. The molecule has 0 saturated carbocycles. The molecule has 2 fully saturated rings. The number of morpholine rings is 1. The fourth-order valence-corrected chi connectivity index (χ4v) is 7.06. The highest BCUT2D eigenvalue weighted by molar-refractivity contribution is 7.90. The Kier molecular flexibility index (Phi) is 6.96. The Morgan fingerprint density at radius 2 is 1.97 bits per heavy atom. The first-order chi connectivity index (χ1) is 16.8. The van der Waals surface area contributed by atoms with Gasteiger partial charge in [0.1, 0.15) is 10.8 Å². The van der Waals surface area contributed by atoms with E-state index >= 15 is 0 Å². The average Bonchev–Trinajstić information content (AvgIpc) is 3.50. The first kappa shape index (κ1) is 24.4. The van der Waals surface area contributed by atoms with E-state index in [9.17, 15) is 13.2 Å². The van der Waals surface area contributed by atoms with Crippen molar-refractivity contribution in [1.29, 1.82) is 0 Å². The van der Waals surface area contributed by atoms with Gasteiger partial charge in [-0.15, -0.1) is 11.3 Å². The molecule has 0 N–H and O–H groups in total. The quantitative estimate of drug-likeness (QED) is 0.473. The van der Waals surface area contributed by atoms with Crippen LogP contribution < -0.4 is 4.90 Å². The summed E-state index contributed by atoms with van der Waals surface area (Å²) >= 11 is 7.49. The first-order valence-electron chi connectivity index (χ1n) is 11.5. The number of sulfone groups is 1. The van der Waals surface area contributed by atoms with Gasteiger partial charge >= 0.3 is 0 Å². The largest absolute Gasteiger partial charge is 0.371 e. The number of carbonyl (C=O) groups excluding carboxylic acids is 1. The van der Waals surface area contributed by atoms with Crippen LogP contribution in [-0.2, 0) is 25.1 Å². The van der Waals surface area contributed by atoms with Crippen molar-refractivity contribution in [1.82, 2.24) is 9.88 Å². The van der Waals surface area contributed by atoms with Crippen LogP contribution >= 0.6 is 22.9 Å². The number of nitrogens with zero attached hydrogens (tertiary/aromatic N) is 3. The van der Waals surface area contributed by atoms with Crippen molar-refractivity contribution >= 4 is 44.4 Å². The standard InChI is InChI=1S/C25H26ClN3O4S2/c1-17-14-18(2-7-21(17)26)23-15-28(11-12-33-23)22-8-10-29(25(22)30)19-3-5-20(6-4-19)35(31,32)16-24-27-9-13-34-24/h2-7,9,13-14,22-23H,8,10-12,15-16H2,1H3/t22-,23+/m0/s1. The number of hydrogen-bond donors (Lipinski definition) is 0. The van der Waals surface area contributed by atoms with E-state index in [0.29, 0.717) is 36.9 Å². The molecule has 0 bridgehead atoms. The van der Waals surface area contributed by atoms with Crippen molar-refractivity contribution < 1.29 is 17.9 Å². The smallest absolute Gasteiger partial charge is 0.244 e. The molecule has 7 nitrogen and oxygen atoms in total. The van der Waals surface area contributed by atoms with Crippen molar-refractivity contribution in [3.05, 3.63) is 75.2 Å². The average molecular weight is 532 g/mol. The summed E-state index contributed by atoms with van der Waals surface area (Å²) in [5.41, 5.74) is 2.78. The molecule has 2 saturated heterocycles. The molecule has 0 radical (unpaired) electrons. The molecular weight excluding hydrogens is 506 g/mol. The highest BCUT2D eigenvalue weighted by Crippen LogP contribution is 2.31. The number of anilines is 1. The third kappa shape index (κ3) is 5.15. The molecule has 2 aromatic carbocycles. The molecular formula is C25H26ClN3O4S2. The SMILES string of the molecule is Cc1cc([C@H]2CN([C@H]3CCN(c4ccc(S(=O)(=O)Cc5nccs5)cc4)C3=O)CCO2)ccc1Cl. The molecule has 0 aliphatic carbocycles. The molecule has 3 aromatic rings. The highest BCUT2D eigenvalue weighted by Gasteiger charge is 2.39. The molecule has 0 spiro atoms. The molecule has 2 aliphatic heterocycles. The zero-order valence-corrected chi connectivity index (χ0v) is 21.7. The van der Waals surface area contributed by atoms with Gasteiger partial charge < -0.3 is 9.64 Å². The van der Waals surface area contributed by atoms with Gasteiger partial charge in [-0.1, -0.05) is 23.7 Å². The lowest BCUT2D eigenvalue weighted by atomic mass is 10.0. The zero-order chi connectivity index (χ0) is 24.6. The Balaban J connectivity index is 1.26. The summed E-state index contributed by atoms with van der Waals surface area (Å²) in [5.74, 6) is -0.0867. The molecule has 184 valence electrons. The summed E-state index contributed by atoms with van der Waals surface area (Å²) in [7, 11) is -3.49. The number of rotatable bonds is 6. The second kappa shape index (κ2) is 9.99. The molecule has 2 aliphatic rings. The summed E-state index contributed by atoms with van der Waals surface area (Å²) in [4.78, 5) is 21.6. The second-order valence-electron chi connectivity index (χ2n) is 8.84. The van der Waals surface area contributed by atoms with Gasteiger partial charge in [0.25, 0.3) is 0 Å². The van der Waals surface area contributed by atoms with Crippen LogP contribution in [0.2, 0.25) is 5.02 Å². The molecule has 1 amide bonds. The van der Waals surface area contributed by atoms with E-state index in [2.05, 4.69) is 9.88 Å². The number of halogens is 1. The minimum atomic E-state index is -3.49. The number of benzene rings is 2. The van der Waals surface area contributed by atoms with E-state index < -0.39 is 9.84 Å². The molecule has 1 aromatic heterocycles. The number of aromatic nitrogens is 1. The summed E-state index contributed by atoms with van der Waals surface area (Å²) in [6.45, 7) is 4.46. The summed E-state index contributed by atoms with van der Waals surface area (Å²) < 4.78 is 31.4. The van der Waals surface area contributed by atoms with Crippen molar-refractivity contribution in [2.45, 2.75) is 36.1 Å². The molecule has 2 atom stereocenters. The van der Waals surface area contributed by atoms with Gasteiger partial charge in [0.15, 0.2) is 9.84 Å². The Morgan fingerprint density at radius 1 is 1.17 bits per heavy atom. The van der Waals surface area contributed by atoms with Crippen LogP contribution in [0.15, 0.2) is 58.9 Å². The van der Waals surface area contributed by atoms with E-state index in [1.54, 1.807) is 40.7 Å². The molecule has 5 rings (SSSR count). The predicted octanol–water partition coefficient (Wildman–Crippen LogP) is 4.26. The van der Waals surface area contributed by atoms with Gasteiger partial charge in [-0.3, -0.25) is 9.69 Å². The van der Waals surface area contributed by atoms with Crippen LogP contribution in [0.3, 0.4) is 0 Å². The lowest BCUT2D eigenvalue weighted by Crippen LogP contribution is -2.48. The van der Waals surface area contributed by atoms with Gasteiger partial charge in [-0.25, -0.2) is 13.4 Å². The van der Waals surface area contributed by atoms with Crippen molar-refractivity contribution in [3.8, 4) is 0 Å². The van der Waals surface area contributed by atoms with Crippen LogP contribution in [0.1, 0.15) is 28.7 Å². The van der Waals surface area contributed by atoms with Crippen molar-refractivity contribution in [3.63, 3.8) is 0 Å². The van der Waals surface area contributed by atoms with Gasteiger partial charge in [-0.05, 0) is 54.8 Å². The number of amides is 1. The molecule has 10 heteroatoms. The van der Waals surface area contributed by atoms with E-state index in [-0.39, 0.29) is 28.7 Å². The number of thiazole rings is 1. The number of carbonyl (C=O) groups is 1. The Labute approximate surface area is 214 Å². The maximum Gasteiger partial charge on any atom is 0.244 e. The Morgan fingerprint density at radius 3 is 2.69 bits per heavy atom. The van der Waals surface area contributed by atoms with Crippen LogP contribution in [0, 0.1) is 6.92 Å². The monoisotopic (exact) mass is 531 g/mol. The third-order valence-corrected chi connectivity index (χ3v) is 9.60. The van der Waals surface area contributed by atoms with Crippen LogP contribution in [-0.4, -0.2) is 56.5 Å². The molecule has 0 unspecified atom stereocenters. The van der Waals surface area contributed by atoms with Crippen LogP contribution in [0.5, 0.6) is 0 Å². The van der Waals surface area contributed by atoms with Crippen molar-refractivity contribution in [2.75, 3.05) is 31.1 Å². The van der Waals surface area contributed by atoms with Crippen molar-refractivity contribution in [2.24, 2.45) is 0 Å². The summed E-state index contributed by atoms with van der Waals surface area (Å²) in [6.07, 6.45) is 2.21. The number of hydrogen-bond acceptors (Lipinski definition) is 7. The van der Waals surface area contributed by atoms with E-state index in [4.69, 9.17) is 16.3 Å². The molecule has 35 heavy (non-hydrogen) atoms. The third-order valence-electron chi connectivity index (χ3n) is 6.57. The van der Waals surface area contributed by atoms with Crippen LogP contribution in [0.4, 0.5) is 5.69 Å². The number of ether oxygens (including phenoxy) is 1. The van der Waals surface area contributed by atoms with E-state index in [1.807, 2.05) is 25.1 Å². The fraction of sp³-hybridized carbons (Fsp3) is 0.360. The lowest BCUT2D eigenvalue weighted by Gasteiger charge is -2.36. The summed E-state index contributed by atoms with van der Waals surface area (Å²) in [5, 5.41) is 3.05. The molecule has 3 heterocycles. The van der Waals surface area contributed by atoms with Gasteiger partial charge in [0, 0.05) is 41.9 Å². The van der Waals surface area contributed by atoms with E-state index in [0.717, 1.165) is 22.6 Å². The van der Waals surface area contributed by atoms with Crippen LogP contribution in [0.25, 0.3) is 0 Å². The lowest BCUT2D eigenvalue weighted by molar-refractivity contribution is -0.125. The van der Waals surface area contributed by atoms with Gasteiger partial charge in [0.2, 0.25) is 5.91 Å². The summed E-state index contributed by atoms with van der Waals surface area (Å²) in [6, 6.07) is 12.3. The van der Waals surface area contributed by atoms with E-state index in [1.165, 1.54) is 11.3 Å². The minimum absolute atomic E-state index is 0.0383. The number of aryl methyl sites for hydroxylation is 1. The predicted molar refractivity (Wildman–Crippen MR) is 137 cm³/mol.